The van der Waals surface area contributed by atoms with Crippen LogP contribution in [0.25, 0.3) is 0 Å². The van der Waals surface area contributed by atoms with Gasteiger partial charge in [0.1, 0.15) is 12.3 Å². The number of nitrogens with one attached hydrogen (secondary N) is 1. The molecule has 2 aromatic rings. The van der Waals surface area contributed by atoms with Gasteiger partial charge in [0.2, 0.25) is 6.20 Å². The maximum absolute atomic E-state index is 12.7. The number of hydrogen-bond acceptors (Lipinski definition) is 6. The Kier molecular flexibility index (Phi) is 9.42. The topological polar surface area (TPSA) is 118 Å². The molecule has 13 heteroatoms. The van der Waals surface area contributed by atoms with Crippen LogP contribution in [0.4, 0.5) is 5.69 Å². The van der Waals surface area contributed by atoms with Gasteiger partial charge in [-0.25, -0.2) is 4.79 Å². The Morgan fingerprint density at radius 1 is 0.968 bits per heavy atom. The molecule has 0 aliphatic heterocycles. The van der Waals surface area contributed by atoms with E-state index in [9.17, 15) is 19.9 Å². The minimum Gasteiger partial charge on any atom is -0.478 e. The lowest BCUT2D eigenvalue weighted by Gasteiger charge is -2.13. The van der Waals surface area contributed by atoms with E-state index in [0.29, 0.717) is 17.9 Å². The van der Waals surface area contributed by atoms with E-state index >= 15 is 0 Å². The maximum atomic E-state index is 12.7. The highest BCUT2D eigenvalue weighted by Gasteiger charge is 2.29. The summed E-state index contributed by atoms with van der Waals surface area (Å²) in [5.41, 5.74) is -0.985. The first kappa shape index (κ1) is 25.3. The monoisotopic (exact) mass is 513 g/mol. The van der Waals surface area contributed by atoms with Gasteiger partial charge in [-0.05, 0) is 6.07 Å². The summed E-state index contributed by atoms with van der Waals surface area (Å²) in [5.74, 6) is -2.37. The number of aromatic carboxylic acids is 1. The third-order valence-electron chi connectivity index (χ3n) is 3.77. The summed E-state index contributed by atoms with van der Waals surface area (Å²) in [4.78, 5) is 24.3. The number of ether oxygens (including phenoxy) is 3. The molecule has 0 fully saturated rings. The molecule has 0 spiro atoms. The van der Waals surface area contributed by atoms with Crippen molar-refractivity contribution in [2.24, 2.45) is 0 Å². The highest BCUT2D eigenvalue weighted by Crippen LogP contribution is 2.41. The van der Waals surface area contributed by atoms with E-state index in [1.165, 1.54) is 12.1 Å². The molecule has 9 nitrogen and oxygen atoms in total. The molecular formula is C18H17Cl4N2O7+. The average molecular weight is 515 g/mol. The van der Waals surface area contributed by atoms with E-state index in [0.717, 1.165) is 6.20 Å². The van der Waals surface area contributed by atoms with Gasteiger partial charge in [-0.1, -0.05) is 46.4 Å². The molecule has 0 saturated heterocycles. The first-order valence-corrected chi connectivity index (χ1v) is 10.0. The van der Waals surface area contributed by atoms with Crippen LogP contribution in [0.15, 0.2) is 18.3 Å². The molecule has 0 saturated carbocycles. The van der Waals surface area contributed by atoms with Crippen LogP contribution >= 0.6 is 46.4 Å². The quantitative estimate of drug-likeness (QED) is 0.145. The van der Waals surface area contributed by atoms with Crippen molar-refractivity contribution in [3.8, 4) is 5.88 Å². The average Bonchev–Trinajstić information content (AvgIpc) is 2.72. The Bertz CT molecular complexity index is 988. The van der Waals surface area contributed by atoms with Crippen LogP contribution in [-0.4, -0.2) is 55.7 Å². The van der Waals surface area contributed by atoms with E-state index in [1.807, 2.05) is 0 Å². The number of carbonyl (C=O) groups is 2. The minimum absolute atomic E-state index is 0.0789. The second-order valence-corrected chi connectivity index (χ2v) is 7.33. The summed E-state index contributed by atoms with van der Waals surface area (Å²) < 4.78 is 16.1. The van der Waals surface area contributed by atoms with Crippen molar-refractivity contribution < 1.29 is 38.8 Å². The Morgan fingerprint density at radius 2 is 1.58 bits per heavy atom. The predicted molar refractivity (Wildman–Crippen MR) is 113 cm³/mol. The van der Waals surface area contributed by atoms with Crippen molar-refractivity contribution >= 4 is 64.0 Å². The number of rotatable bonds is 10. The van der Waals surface area contributed by atoms with Crippen LogP contribution in [0.2, 0.25) is 20.1 Å². The van der Waals surface area contributed by atoms with Crippen molar-refractivity contribution in [2.75, 3.05) is 38.9 Å². The normalized spacial score (nSPS) is 10.7. The van der Waals surface area contributed by atoms with Gasteiger partial charge in [0.15, 0.2) is 0 Å². The van der Waals surface area contributed by atoms with Crippen molar-refractivity contribution in [2.45, 2.75) is 0 Å². The second-order valence-electron chi connectivity index (χ2n) is 5.82. The largest absolute Gasteiger partial charge is 0.478 e. The number of aromatic nitrogens is 1. The van der Waals surface area contributed by atoms with Gasteiger partial charge in [0.05, 0.1) is 57.1 Å². The molecule has 0 aliphatic carbocycles. The van der Waals surface area contributed by atoms with Crippen LogP contribution < -0.4 is 14.8 Å². The fourth-order valence-corrected chi connectivity index (χ4v) is 3.37. The van der Waals surface area contributed by atoms with E-state index in [-0.39, 0.29) is 39.8 Å². The zero-order valence-electron chi connectivity index (χ0n) is 16.0. The number of halogens is 4. The summed E-state index contributed by atoms with van der Waals surface area (Å²) in [5, 5.41) is 20.5. The molecule has 31 heavy (non-hydrogen) atoms. The molecule has 0 atom stereocenters. The molecule has 0 unspecified atom stereocenters. The number of pyridine rings is 1. The van der Waals surface area contributed by atoms with E-state index in [4.69, 9.17) is 60.6 Å². The number of carboxylic acid groups (broad SMARTS) is 1. The lowest BCUT2D eigenvalue weighted by atomic mass is 10.1. The molecule has 2 rings (SSSR count). The molecule has 1 aromatic heterocycles. The molecule has 0 radical (unpaired) electrons. The van der Waals surface area contributed by atoms with E-state index in [2.05, 4.69) is 5.32 Å². The van der Waals surface area contributed by atoms with Crippen molar-refractivity contribution in [3.63, 3.8) is 0 Å². The van der Waals surface area contributed by atoms with Gasteiger partial charge in [-0.2, -0.15) is 0 Å². The van der Waals surface area contributed by atoms with Gasteiger partial charge in [-0.15, -0.1) is 0 Å². The first-order chi connectivity index (χ1) is 14.7. The Labute approximate surface area is 196 Å². The highest BCUT2D eigenvalue weighted by atomic mass is 35.5. The number of hydrogen-bond donors (Lipinski definition) is 3. The van der Waals surface area contributed by atoms with Gasteiger partial charge >= 0.3 is 11.8 Å². The fraction of sp³-hybridized carbons (Fsp3) is 0.278. The number of nitrogens with zero attached hydrogens (tertiary/aromatic N) is 1. The molecule has 0 bridgehead atoms. The molecule has 3 N–H and O–H groups in total. The van der Waals surface area contributed by atoms with Crippen molar-refractivity contribution in [1.29, 1.82) is 0 Å². The number of benzene rings is 1. The summed E-state index contributed by atoms with van der Waals surface area (Å²) >= 11 is 23.8. The molecule has 1 amide bonds. The van der Waals surface area contributed by atoms with Crippen molar-refractivity contribution in [3.05, 3.63) is 49.5 Å². The molecule has 1 aromatic carbocycles. The summed E-state index contributed by atoms with van der Waals surface area (Å²) in [6.45, 7) is 1.29. The third-order valence-corrected chi connectivity index (χ3v) is 5.57. The molecule has 168 valence electrons. The van der Waals surface area contributed by atoms with Gasteiger partial charge in [-0.3, -0.25) is 10.0 Å². The van der Waals surface area contributed by atoms with Gasteiger partial charge < -0.3 is 24.6 Å². The van der Waals surface area contributed by atoms with Gasteiger partial charge in [0, 0.05) is 11.8 Å². The Balaban J connectivity index is 2.16. The zero-order valence-corrected chi connectivity index (χ0v) is 19.0. The SMILES string of the molecule is COCCOCCOc1ccc(NC(=O)c2c(Cl)c(Cl)c(Cl)c(Cl)c2C(=O)O)c[n+]1O. The number of methoxy groups -OCH3 is 1. The number of amides is 1. The lowest BCUT2D eigenvalue weighted by Crippen LogP contribution is -2.33. The van der Waals surface area contributed by atoms with E-state index in [1.54, 1.807) is 7.11 Å². The molecular weight excluding hydrogens is 498 g/mol. The predicted octanol–water partition coefficient (Wildman–Crippen LogP) is 3.82. The summed E-state index contributed by atoms with van der Waals surface area (Å²) in [6, 6.07) is 2.80. The van der Waals surface area contributed by atoms with Crippen molar-refractivity contribution in [1.82, 2.24) is 0 Å². The number of anilines is 1. The van der Waals surface area contributed by atoms with E-state index < -0.39 is 28.0 Å². The fourth-order valence-electron chi connectivity index (χ4n) is 2.35. The van der Waals surface area contributed by atoms with Crippen LogP contribution in [0.3, 0.4) is 0 Å². The van der Waals surface area contributed by atoms with Crippen LogP contribution in [0, 0.1) is 0 Å². The lowest BCUT2D eigenvalue weighted by molar-refractivity contribution is -0.906. The second kappa shape index (κ2) is 11.6. The first-order valence-electron chi connectivity index (χ1n) is 8.54. The molecule has 1 heterocycles. The maximum Gasteiger partial charge on any atom is 0.416 e. The zero-order chi connectivity index (χ0) is 23.1. The van der Waals surface area contributed by atoms with Crippen LogP contribution in [0.1, 0.15) is 20.7 Å². The standard InChI is InChI=1S/C18H16Cl4N2O7/c1-29-4-5-30-6-7-31-10-3-2-9(8-24(10)28)23-17(25)11-12(18(26)27)14(20)16(22)15(21)13(11)19/h2-3,8H,4-7H2,1H3,(H2-,23,25,26,27,28)/p+1. The summed E-state index contributed by atoms with van der Waals surface area (Å²) in [7, 11) is 1.56. The van der Waals surface area contributed by atoms with Gasteiger partial charge in [0.25, 0.3) is 5.91 Å². The van der Waals surface area contributed by atoms with Crippen LogP contribution in [-0.2, 0) is 9.47 Å². The third kappa shape index (κ3) is 6.25. The number of carbonyl (C=O) groups excluding carboxylic acids is 1. The highest BCUT2D eigenvalue weighted by molar-refractivity contribution is 6.54. The molecule has 0 aliphatic rings. The smallest absolute Gasteiger partial charge is 0.416 e. The van der Waals surface area contributed by atoms with Crippen LogP contribution in [0.5, 0.6) is 5.88 Å². The number of carboxylic acids is 1. The minimum atomic E-state index is -1.52. The Hall–Kier alpha value is -2.01. The Morgan fingerprint density at radius 3 is 2.16 bits per heavy atom. The summed E-state index contributed by atoms with van der Waals surface area (Å²) in [6.07, 6.45) is 1.13.